The number of carbonyl (C=O) groups is 1. The van der Waals surface area contributed by atoms with Crippen molar-refractivity contribution in [1.82, 2.24) is 4.98 Å². The summed E-state index contributed by atoms with van der Waals surface area (Å²) in [6.07, 6.45) is -4.04. The average Bonchev–Trinajstić information content (AvgIpc) is 2.58. The smallest absolute Gasteiger partial charge is 0.294 e. The van der Waals surface area contributed by atoms with Crippen LogP contribution in [-0.4, -0.2) is 10.8 Å². The number of aromatic nitrogens is 1. The molecule has 0 amide bonds. The number of fused-ring (bicyclic) bond motifs is 1. The number of aryl methyl sites for hydroxylation is 1. The molecule has 0 unspecified atom stereocenters. The van der Waals surface area contributed by atoms with Crippen LogP contribution in [0, 0.1) is 0 Å². The summed E-state index contributed by atoms with van der Waals surface area (Å²) < 4.78 is 38.6. The van der Waals surface area contributed by atoms with E-state index in [1.165, 1.54) is 0 Å². The van der Waals surface area contributed by atoms with Gasteiger partial charge in [-0.2, -0.15) is 13.2 Å². The molecule has 0 fully saturated rings. The minimum absolute atomic E-state index is 0.0860. The predicted molar refractivity (Wildman–Crippen MR) is 56.0 cm³/mol. The second kappa shape index (κ2) is 3.82. The standard InChI is InChI=1S/C12H12F3NO/c1-6(2)9-5-7(12(13,14)15)11-8(16-9)3-4-10(11)17/h5-6H,3-4H2,1-2H3. The highest BCUT2D eigenvalue weighted by Gasteiger charge is 2.39. The molecule has 1 heterocycles. The van der Waals surface area contributed by atoms with Gasteiger partial charge in [-0.1, -0.05) is 13.8 Å². The number of ketones is 1. The highest BCUT2D eigenvalue weighted by Crippen LogP contribution is 2.37. The van der Waals surface area contributed by atoms with E-state index in [0.29, 0.717) is 17.8 Å². The molecule has 0 aromatic carbocycles. The normalized spacial score (nSPS) is 15.5. The number of hydrogen-bond donors (Lipinski definition) is 0. The fraction of sp³-hybridized carbons (Fsp3) is 0.500. The largest absolute Gasteiger partial charge is 0.417 e. The van der Waals surface area contributed by atoms with Crippen LogP contribution >= 0.6 is 0 Å². The Hall–Kier alpha value is -1.39. The van der Waals surface area contributed by atoms with E-state index in [9.17, 15) is 18.0 Å². The number of hydrogen-bond acceptors (Lipinski definition) is 2. The maximum Gasteiger partial charge on any atom is 0.417 e. The van der Waals surface area contributed by atoms with Crippen LogP contribution in [0.3, 0.4) is 0 Å². The SMILES string of the molecule is CC(C)c1cc(C(F)(F)F)c2c(n1)CCC2=O. The van der Waals surface area contributed by atoms with Crippen LogP contribution in [-0.2, 0) is 12.6 Å². The summed E-state index contributed by atoms with van der Waals surface area (Å²) in [6, 6.07) is 1.01. The van der Waals surface area contributed by atoms with Crippen molar-refractivity contribution in [1.29, 1.82) is 0 Å². The van der Waals surface area contributed by atoms with Crippen molar-refractivity contribution < 1.29 is 18.0 Å². The summed E-state index contributed by atoms with van der Waals surface area (Å²) in [6.45, 7) is 3.57. The third-order valence-corrected chi connectivity index (χ3v) is 2.88. The first kappa shape index (κ1) is 12.1. The zero-order valence-corrected chi connectivity index (χ0v) is 9.56. The van der Waals surface area contributed by atoms with Crippen LogP contribution in [0.5, 0.6) is 0 Å². The van der Waals surface area contributed by atoms with E-state index in [0.717, 1.165) is 6.07 Å². The molecule has 0 bridgehead atoms. The molecule has 92 valence electrons. The van der Waals surface area contributed by atoms with E-state index in [1.807, 2.05) is 0 Å². The van der Waals surface area contributed by atoms with Crippen LogP contribution < -0.4 is 0 Å². The van der Waals surface area contributed by atoms with Gasteiger partial charge in [0.15, 0.2) is 5.78 Å². The van der Waals surface area contributed by atoms with Crippen molar-refractivity contribution in [3.63, 3.8) is 0 Å². The summed E-state index contributed by atoms with van der Waals surface area (Å²) in [5.74, 6) is -0.535. The monoisotopic (exact) mass is 243 g/mol. The molecule has 0 spiro atoms. The lowest BCUT2D eigenvalue weighted by molar-refractivity contribution is -0.138. The second-order valence-corrected chi connectivity index (χ2v) is 4.49. The van der Waals surface area contributed by atoms with Crippen molar-refractivity contribution in [3.05, 3.63) is 28.6 Å². The Balaban J connectivity index is 2.67. The molecule has 1 aromatic rings. The number of Topliss-reactive ketones (excluding diaryl/α,β-unsaturated/α-hetero) is 1. The Labute approximate surface area is 96.9 Å². The molecule has 1 aliphatic rings. The number of pyridine rings is 1. The third kappa shape index (κ3) is 2.06. The van der Waals surface area contributed by atoms with Gasteiger partial charge in [0, 0.05) is 12.1 Å². The van der Waals surface area contributed by atoms with Gasteiger partial charge in [0.05, 0.1) is 16.8 Å². The Morgan fingerprint density at radius 2 is 1.94 bits per heavy atom. The minimum atomic E-state index is -4.49. The zero-order chi connectivity index (χ0) is 12.8. The third-order valence-electron chi connectivity index (χ3n) is 2.88. The predicted octanol–water partition coefficient (Wildman–Crippen LogP) is 3.35. The van der Waals surface area contributed by atoms with Crippen LogP contribution in [0.1, 0.15) is 53.5 Å². The number of halogens is 3. The lowest BCUT2D eigenvalue weighted by atomic mass is 10.0. The van der Waals surface area contributed by atoms with Crippen LogP contribution in [0.25, 0.3) is 0 Å². The Morgan fingerprint density at radius 3 is 2.47 bits per heavy atom. The number of rotatable bonds is 1. The molecular weight excluding hydrogens is 231 g/mol. The molecule has 0 N–H and O–H groups in total. The summed E-state index contributed by atoms with van der Waals surface area (Å²) in [5.41, 5.74) is -0.352. The Morgan fingerprint density at radius 1 is 1.29 bits per heavy atom. The van der Waals surface area contributed by atoms with Gasteiger partial charge >= 0.3 is 6.18 Å². The van der Waals surface area contributed by atoms with E-state index in [2.05, 4.69) is 4.98 Å². The molecule has 2 nitrogen and oxygen atoms in total. The number of nitrogens with zero attached hydrogens (tertiary/aromatic N) is 1. The molecule has 0 radical (unpaired) electrons. The molecule has 1 aromatic heterocycles. The Bertz CT molecular complexity index is 477. The molecule has 0 saturated heterocycles. The lowest BCUT2D eigenvalue weighted by Gasteiger charge is -2.14. The highest BCUT2D eigenvalue weighted by atomic mass is 19.4. The molecule has 0 saturated carbocycles. The van der Waals surface area contributed by atoms with E-state index in [-0.39, 0.29) is 17.9 Å². The number of alkyl halides is 3. The Kier molecular flexibility index (Phi) is 2.72. The molecule has 0 aliphatic heterocycles. The van der Waals surface area contributed by atoms with Crippen LogP contribution in [0.2, 0.25) is 0 Å². The van der Waals surface area contributed by atoms with Crippen molar-refractivity contribution in [3.8, 4) is 0 Å². The zero-order valence-electron chi connectivity index (χ0n) is 9.56. The lowest BCUT2D eigenvalue weighted by Crippen LogP contribution is -2.14. The van der Waals surface area contributed by atoms with E-state index in [1.54, 1.807) is 13.8 Å². The maximum atomic E-state index is 12.9. The molecular formula is C12H12F3NO. The van der Waals surface area contributed by atoms with Gasteiger partial charge in [-0.15, -0.1) is 0 Å². The van der Waals surface area contributed by atoms with Gasteiger partial charge in [0.2, 0.25) is 0 Å². The van der Waals surface area contributed by atoms with E-state index >= 15 is 0 Å². The molecule has 2 rings (SSSR count). The van der Waals surface area contributed by atoms with Gasteiger partial charge in [-0.05, 0) is 18.4 Å². The topological polar surface area (TPSA) is 30.0 Å². The average molecular weight is 243 g/mol. The first-order valence-electron chi connectivity index (χ1n) is 5.45. The summed E-state index contributed by atoms with van der Waals surface area (Å²) >= 11 is 0. The van der Waals surface area contributed by atoms with Crippen LogP contribution in [0.4, 0.5) is 13.2 Å². The fourth-order valence-electron chi connectivity index (χ4n) is 1.99. The van der Waals surface area contributed by atoms with E-state index in [4.69, 9.17) is 0 Å². The maximum absolute atomic E-state index is 12.9. The van der Waals surface area contributed by atoms with Gasteiger partial charge in [-0.3, -0.25) is 9.78 Å². The number of carbonyl (C=O) groups excluding carboxylic acids is 1. The van der Waals surface area contributed by atoms with Crippen molar-refractivity contribution in [2.24, 2.45) is 0 Å². The second-order valence-electron chi connectivity index (χ2n) is 4.49. The van der Waals surface area contributed by atoms with Gasteiger partial charge in [0.1, 0.15) is 0 Å². The summed E-state index contributed by atoms with van der Waals surface area (Å²) in [4.78, 5) is 15.6. The summed E-state index contributed by atoms with van der Waals surface area (Å²) in [5, 5.41) is 0. The van der Waals surface area contributed by atoms with Gasteiger partial charge in [-0.25, -0.2) is 0 Å². The quantitative estimate of drug-likeness (QED) is 0.757. The van der Waals surface area contributed by atoms with Crippen molar-refractivity contribution in [2.75, 3.05) is 0 Å². The van der Waals surface area contributed by atoms with Gasteiger partial charge in [0.25, 0.3) is 0 Å². The van der Waals surface area contributed by atoms with Crippen molar-refractivity contribution in [2.45, 2.75) is 38.8 Å². The summed E-state index contributed by atoms with van der Waals surface area (Å²) in [7, 11) is 0. The first-order valence-corrected chi connectivity index (χ1v) is 5.45. The minimum Gasteiger partial charge on any atom is -0.294 e. The molecule has 1 aliphatic carbocycles. The molecule has 5 heteroatoms. The van der Waals surface area contributed by atoms with Crippen LogP contribution in [0.15, 0.2) is 6.07 Å². The van der Waals surface area contributed by atoms with E-state index < -0.39 is 17.5 Å². The highest BCUT2D eigenvalue weighted by molar-refractivity contribution is 6.01. The fourth-order valence-corrected chi connectivity index (χ4v) is 1.99. The first-order chi connectivity index (χ1) is 7.80. The van der Waals surface area contributed by atoms with Gasteiger partial charge < -0.3 is 0 Å². The molecule has 0 atom stereocenters. The molecule has 17 heavy (non-hydrogen) atoms. The van der Waals surface area contributed by atoms with Crippen molar-refractivity contribution >= 4 is 5.78 Å².